The van der Waals surface area contributed by atoms with Gasteiger partial charge in [-0.15, -0.1) is 0 Å². The Morgan fingerprint density at radius 3 is 2.26 bits per heavy atom. The molecule has 0 aliphatic rings. The van der Waals surface area contributed by atoms with Crippen LogP contribution in [0.3, 0.4) is 0 Å². The molecular weight excluding hydrogens is 319 g/mol. The van der Waals surface area contributed by atoms with Gasteiger partial charge >= 0.3 is 0 Å². The zero-order valence-electron chi connectivity index (χ0n) is 9.75. The second-order valence-corrected chi connectivity index (χ2v) is 6.61. The van der Waals surface area contributed by atoms with E-state index in [1.54, 1.807) is 0 Å². The molecule has 0 aliphatic heterocycles. The van der Waals surface area contributed by atoms with E-state index in [1.807, 2.05) is 0 Å². The average Bonchev–Trinajstić information content (AvgIpc) is 2.26. The van der Waals surface area contributed by atoms with Crippen molar-refractivity contribution >= 4 is 42.9 Å². The van der Waals surface area contributed by atoms with Crippen molar-refractivity contribution in [1.82, 2.24) is 4.90 Å². The van der Waals surface area contributed by atoms with E-state index >= 15 is 0 Å². The zero-order chi connectivity index (χ0) is 15.0. The Kier molecular flexibility index (Phi) is 4.39. The molecule has 0 heterocycles. The molecule has 0 bridgehead atoms. The minimum Gasteiger partial charge on any atom is -0.345 e. The molecule has 0 aromatic heterocycles. The molecule has 10 heteroatoms. The number of nitro groups is 1. The van der Waals surface area contributed by atoms with Crippen LogP contribution in [-0.2, 0) is 9.05 Å². The molecule has 0 unspecified atom stereocenters. The minimum absolute atomic E-state index is 0.305. The number of non-ortho nitro benzene ring substituents is 1. The molecule has 0 spiro atoms. The van der Waals surface area contributed by atoms with Crippen molar-refractivity contribution in [1.29, 1.82) is 0 Å². The van der Waals surface area contributed by atoms with Gasteiger partial charge in [-0.1, -0.05) is 11.6 Å². The second kappa shape index (κ2) is 5.32. The van der Waals surface area contributed by atoms with Crippen LogP contribution >= 0.6 is 22.3 Å². The Hall–Kier alpha value is -1.38. The maximum absolute atomic E-state index is 11.8. The summed E-state index contributed by atoms with van der Waals surface area (Å²) in [6.45, 7) is 0. The van der Waals surface area contributed by atoms with Crippen LogP contribution in [0.15, 0.2) is 17.0 Å². The molecule has 0 aliphatic carbocycles. The van der Waals surface area contributed by atoms with Crippen LogP contribution in [0.2, 0.25) is 5.02 Å². The SMILES string of the molecule is CN(C)C(=O)c1cc([N+](=O)[O-])cc(S(=O)(=O)Cl)c1Cl. The number of benzene rings is 1. The largest absolute Gasteiger partial charge is 0.345 e. The topological polar surface area (TPSA) is 97.6 Å². The lowest BCUT2D eigenvalue weighted by Gasteiger charge is -2.12. The Morgan fingerprint density at radius 2 is 1.89 bits per heavy atom. The fourth-order valence-corrected chi connectivity index (χ4v) is 2.83. The first-order valence-corrected chi connectivity index (χ1v) is 7.38. The first-order chi connectivity index (χ1) is 8.55. The molecule has 1 amide bonds. The lowest BCUT2D eigenvalue weighted by atomic mass is 10.2. The fourth-order valence-electron chi connectivity index (χ4n) is 1.26. The summed E-state index contributed by atoms with van der Waals surface area (Å²) in [5.74, 6) is -0.671. The Morgan fingerprint density at radius 1 is 1.37 bits per heavy atom. The number of rotatable bonds is 3. The summed E-state index contributed by atoms with van der Waals surface area (Å²) in [6, 6.07) is 1.60. The van der Waals surface area contributed by atoms with E-state index in [0.29, 0.717) is 6.07 Å². The van der Waals surface area contributed by atoms with Crippen molar-refractivity contribution in [2.45, 2.75) is 4.90 Å². The van der Waals surface area contributed by atoms with E-state index in [2.05, 4.69) is 0 Å². The lowest BCUT2D eigenvalue weighted by molar-refractivity contribution is -0.385. The molecule has 1 aromatic rings. The minimum atomic E-state index is -4.31. The first kappa shape index (κ1) is 15.7. The third kappa shape index (κ3) is 3.34. The molecule has 104 valence electrons. The predicted molar refractivity (Wildman–Crippen MR) is 69.2 cm³/mol. The summed E-state index contributed by atoms with van der Waals surface area (Å²) in [4.78, 5) is 22.1. The van der Waals surface area contributed by atoms with E-state index in [9.17, 15) is 23.3 Å². The molecule has 0 radical (unpaired) electrons. The second-order valence-electron chi connectivity index (χ2n) is 3.70. The van der Waals surface area contributed by atoms with Crippen LogP contribution in [-0.4, -0.2) is 38.2 Å². The Bertz CT molecular complexity index is 657. The van der Waals surface area contributed by atoms with Crippen molar-refractivity contribution in [2.75, 3.05) is 14.1 Å². The van der Waals surface area contributed by atoms with Gasteiger partial charge < -0.3 is 4.90 Å². The molecule has 19 heavy (non-hydrogen) atoms. The van der Waals surface area contributed by atoms with Crippen LogP contribution in [0.1, 0.15) is 10.4 Å². The van der Waals surface area contributed by atoms with Gasteiger partial charge in [0.2, 0.25) is 0 Å². The van der Waals surface area contributed by atoms with Crippen LogP contribution in [0.4, 0.5) is 5.69 Å². The van der Waals surface area contributed by atoms with Crippen LogP contribution in [0.25, 0.3) is 0 Å². The highest BCUT2D eigenvalue weighted by Crippen LogP contribution is 2.32. The highest BCUT2D eigenvalue weighted by Gasteiger charge is 2.26. The first-order valence-electron chi connectivity index (χ1n) is 4.70. The van der Waals surface area contributed by atoms with Crippen molar-refractivity contribution in [3.05, 3.63) is 32.8 Å². The quantitative estimate of drug-likeness (QED) is 0.479. The summed E-state index contributed by atoms with van der Waals surface area (Å²) in [6.07, 6.45) is 0. The summed E-state index contributed by atoms with van der Waals surface area (Å²) in [5, 5.41) is 10.3. The molecule has 0 saturated carbocycles. The van der Waals surface area contributed by atoms with Gasteiger partial charge in [-0.2, -0.15) is 0 Å². The fraction of sp³-hybridized carbons (Fsp3) is 0.222. The monoisotopic (exact) mass is 326 g/mol. The van der Waals surface area contributed by atoms with Gasteiger partial charge in [-0.25, -0.2) is 8.42 Å². The summed E-state index contributed by atoms with van der Waals surface area (Å²) >= 11 is 5.78. The van der Waals surface area contributed by atoms with Gasteiger partial charge in [0.1, 0.15) is 4.90 Å². The van der Waals surface area contributed by atoms with Gasteiger partial charge in [-0.05, 0) is 0 Å². The number of amides is 1. The summed E-state index contributed by atoms with van der Waals surface area (Å²) in [5.41, 5.74) is -0.895. The van der Waals surface area contributed by atoms with E-state index < -0.39 is 35.5 Å². The Balaban J connectivity index is 3.70. The molecule has 0 fully saturated rings. The highest BCUT2D eigenvalue weighted by molar-refractivity contribution is 8.13. The molecule has 1 aromatic carbocycles. The number of carbonyl (C=O) groups is 1. The van der Waals surface area contributed by atoms with Gasteiger partial charge in [0, 0.05) is 36.9 Å². The normalized spacial score (nSPS) is 11.2. The molecule has 0 saturated heterocycles. The average molecular weight is 327 g/mol. The maximum atomic E-state index is 11.8. The summed E-state index contributed by atoms with van der Waals surface area (Å²) < 4.78 is 22.6. The van der Waals surface area contributed by atoms with E-state index in [0.717, 1.165) is 11.0 Å². The van der Waals surface area contributed by atoms with Crippen LogP contribution in [0.5, 0.6) is 0 Å². The van der Waals surface area contributed by atoms with Crippen LogP contribution < -0.4 is 0 Å². The third-order valence-corrected chi connectivity index (χ3v) is 4.00. The molecule has 1 rings (SSSR count). The van der Waals surface area contributed by atoms with E-state index in [4.69, 9.17) is 22.3 Å². The predicted octanol–water partition coefficient (Wildman–Crippen LogP) is 1.88. The van der Waals surface area contributed by atoms with Gasteiger partial charge in [0.05, 0.1) is 15.5 Å². The number of nitrogens with zero attached hydrogens (tertiary/aromatic N) is 2. The van der Waals surface area contributed by atoms with Crippen LogP contribution in [0, 0.1) is 10.1 Å². The smallest absolute Gasteiger partial charge is 0.271 e. The van der Waals surface area contributed by atoms with Crippen molar-refractivity contribution in [2.24, 2.45) is 0 Å². The number of halogens is 2. The van der Waals surface area contributed by atoms with E-state index in [-0.39, 0.29) is 5.56 Å². The molecule has 0 N–H and O–H groups in total. The van der Waals surface area contributed by atoms with Gasteiger partial charge in [0.15, 0.2) is 0 Å². The number of nitro benzene ring substituents is 1. The summed E-state index contributed by atoms with van der Waals surface area (Å²) in [7, 11) is 3.62. The van der Waals surface area contributed by atoms with Gasteiger partial charge in [0.25, 0.3) is 20.6 Å². The maximum Gasteiger partial charge on any atom is 0.271 e. The van der Waals surface area contributed by atoms with Gasteiger partial charge in [-0.3, -0.25) is 14.9 Å². The molecule has 0 atom stereocenters. The van der Waals surface area contributed by atoms with Crippen molar-refractivity contribution < 1.29 is 18.1 Å². The zero-order valence-corrected chi connectivity index (χ0v) is 12.1. The number of carbonyl (C=O) groups excluding carboxylic acids is 1. The number of hydrogen-bond acceptors (Lipinski definition) is 5. The van der Waals surface area contributed by atoms with E-state index in [1.165, 1.54) is 14.1 Å². The lowest BCUT2D eigenvalue weighted by Crippen LogP contribution is -2.22. The van der Waals surface area contributed by atoms with Crippen molar-refractivity contribution in [3.8, 4) is 0 Å². The number of hydrogen-bond donors (Lipinski definition) is 0. The molecular formula is C9H8Cl2N2O5S. The molecule has 7 nitrogen and oxygen atoms in total. The standard InChI is InChI=1S/C9H8Cl2N2O5S/c1-12(2)9(14)6-3-5(13(15)16)4-7(8(6)10)19(11,17)18/h3-4H,1-2H3. The third-order valence-electron chi connectivity index (χ3n) is 2.13. The van der Waals surface area contributed by atoms with Crippen molar-refractivity contribution in [3.63, 3.8) is 0 Å². The Labute approximate surface area is 118 Å². The highest BCUT2D eigenvalue weighted by atomic mass is 35.7.